The number of rotatable bonds is 3. The van der Waals surface area contributed by atoms with Crippen molar-refractivity contribution < 1.29 is 4.79 Å². The molecule has 2 aromatic rings. The van der Waals surface area contributed by atoms with E-state index in [1.54, 1.807) is 6.20 Å². The quantitative estimate of drug-likeness (QED) is 0.782. The van der Waals surface area contributed by atoms with Crippen molar-refractivity contribution in [2.24, 2.45) is 0 Å². The standard InChI is InChI=1S/C15H14BrN5OS/c1-8-13(9(2)22)14(19-15(23)18-8)12-7-17-21(20-12)11-5-3-10(16)4-6-11/h3-7,14H,1-2H3,(H2,18,19,23). The lowest BCUT2D eigenvalue weighted by molar-refractivity contribution is -0.114. The van der Waals surface area contributed by atoms with Crippen molar-refractivity contribution in [2.45, 2.75) is 19.9 Å². The molecule has 1 aromatic heterocycles. The molecule has 1 aromatic carbocycles. The van der Waals surface area contributed by atoms with Gasteiger partial charge in [-0.3, -0.25) is 4.79 Å². The molecule has 0 spiro atoms. The zero-order valence-electron chi connectivity index (χ0n) is 12.5. The van der Waals surface area contributed by atoms with Gasteiger partial charge in [-0.2, -0.15) is 15.0 Å². The van der Waals surface area contributed by atoms with Crippen LogP contribution in [0.3, 0.4) is 0 Å². The summed E-state index contributed by atoms with van der Waals surface area (Å²) in [7, 11) is 0. The van der Waals surface area contributed by atoms with E-state index in [0.717, 1.165) is 15.9 Å². The number of halogens is 1. The van der Waals surface area contributed by atoms with Crippen LogP contribution >= 0.6 is 28.1 Å². The number of benzene rings is 1. The fraction of sp³-hybridized carbons (Fsp3) is 0.200. The number of hydrogen-bond donors (Lipinski definition) is 2. The van der Waals surface area contributed by atoms with Crippen molar-refractivity contribution in [3.05, 3.63) is 51.9 Å². The van der Waals surface area contributed by atoms with Crippen LogP contribution in [-0.4, -0.2) is 25.9 Å². The van der Waals surface area contributed by atoms with Gasteiger partial charge in [-0.15, -0.1) is 0 Å². The number of ketones is 1. The van der Waals surface area contributed by atoms with Crippen LogP contribution in [0.4, 0.5) is 0 Å². The highest BCUT2D eigenvalue weighted by atomic mass is 79.9. The molecule has 1 aliphatic heterocycles. The average Bonchev–Trinajstić information content (AvgIpc) is 2.96. The van der Waals surface area contributed by atoms with E-state index in [9.17, 15) is 4.79 Å². The van der Waals surface area contributed by atoms with E-state index in [1.807, 2.05) is 31.2 Å². The maximum Gasteiger partial charge on any atom is 0.171 e. The highest BCUT2D eigenvalue weighted by Crippen LogP contribution is 2.26. The van der Waals surface area contributed by atoms with Gasteiger partial charge in [0.05, 0.1) is 11.9 Å². The summed E-state index contributed by atoms with van der Waals surface area (Å²) < 4.78 is 0.983. The number of allylic oxidation sites excluding steroid dienone is 1. The minimum Gasteiger partial charge on any atom is -0.350 e. The Morgan fingerprint density at radius 2 is 2.04 bits per heavy atom. The molecule has 1 atom stereocenters. The zero-order chi connectivity index (χ0) is 16.6. The van der Waals surface area contributed by atoms with Gasteiger partial charge in [0.2, 0.25) is 0 Å². The van der Waals surface area contributed by atoms with Crippen LogP contribution in [-0.2, 0) is 4.79 Å². The third-order valence-electron chi connectivity index (χ3n) is 3.51. The molecule has 0 bridgehead atoms. The summed E-state index contributed by atoms with van der Waals surface area (Å²) in [6.07, 6.45) is 1.64. The number of nitrogens with zero attached hydrogens (tertiary/aromatic N) is 3. The largest absolute Gasteiger partial charge is 0.350 e. The number of hydrogen-bond acceptors (Lipinski definition) is 4. The Hall–Kier alpha value is -2.06. The Bertz CT molecular complexity index is 812. The summed E-state index contributed by atoms with van der Waals surface area (Å²) in [5.74, 6) is -0.0341. The monoisotopic (exact) mass is 391 g/mol. The molecule has 0 fully saturated rings. The molecule has 0 saturated heterocycles. The average molecular weight is 392 g/mol. The normalized spacial score (nSPS) is 17.7. The highest BCUT2D eigenvalue weighted by molar-refractivity contribution is 9.10. The predicted octanol–water partition coefficient (Wildman–Crippen LogP) is 2.41. The van der Waals surface area contributed by atoms with Crippen LogP contribution in [0.1, 0.15) is 25.6 Å². The highest BCUT2D eigenvalue weighted by Gasteiger charge is 2.29. The number of thiocarbonyl (C=S) groups is 1. The molecule has 2 heterocycles. The smallest absolute Gasteiger partial charge is 0.171 e. The van der Waals surface area contributed by atoms with E-state index in [4.69, 9.17) is 12.2 Å². The van der Waals surface area contributed by atoms with E-state index in [2.05, 4.69) is 36.8 Å². The van der Waals surface area contributed by atoms with Crippen LogP contribution in [0.15, 0.2) is 46.2 Å². The van der Waals surface area contributed by atoms with Gasteiger partial charge in [0.15, 0.2) is 10.9 Å². The van der Waals surface area contributed by atoms with Crippen molar-refractivity contribution in [1.29, 1.82) is 0 Å². The van der Waals surface area contributed by atoms with Crippen LogP contribution in [0, 0.1) is 0 Å². The minimum absolute atomic E-state index is 0.0341. The SMILES string of the molecule is CC(=O)C1=C(C)NC(=S)NC1c1cnn(-c2ccc(Br)cc2)n1. The van der Waals surface area contributed by atoms with Gasteiger partial charge in [-0.05, 0) is 50.3 Å². The second kappa shape index (κ2) is 6.21. The summed E-state index contributed by atoms with van der Waals surface area (Å²) in [4.78, 5) is 13.5. The van der Waals surface area contributed by atoms with E-state index >= 15 is 0 Å². The molecule has 6 nitrogen and oxygen atoms in total. The molecule has 0 radical (unpaired) electrons. The maximum absolute atomic E-state index is 12.0. The van der Waals surface area contributed by atoms with Gasteiger partial charge in [-0.25, -0.2) is 0 Å². The minimum atomic E-state index is -0.398. The molecule has 3 rings (SSSR count). The Labute approximate surface area is 147 Å². The first-order valence-electron chi connectivity index (χ1n) is 6.93. The lowest BCUT2D eigenvalue weighted by Gasteiger charge is -2.28. The second-order valence-corrected chi connectivity index (χ2v) is 6.49. The van der Waals surface area contributed by atoms with Crippen molar-refractivity contribution >= 4 is 39.0 Å². The molecule has 2 N–H and O–H groups in total. The summed E-state index contributed by atoms with van der Waals surface area (Å²) in [6.45, 7) is 3.36. The van der Waals surface area contributed by atoms with E-state index in [-0.39, 0.29) is 5.78 Å². The van der Waals surface area contributed by atoms with E-state index in [1.165, 1.54) is 11.7 Å². The molecule has 1 aliphatic rings. The first-order valence-corrected chi connectivity index (χ1v) is 8.13. The molecule has 8 heteroatoms. The first-order chi connectivity index (χ1) is 11.0. The van der Waals surface area contributed by atoms with Gasteiger partial charge in [-0.1, -0.05) is 15.9 Å². The molecule has 1 unspecified atom stereocenters. The fourth-order valence-electron chi connectivity index (χ4n) is 2.49. The Kier molecular flexibility index (Phi) is 4.27. The summed E-state index contributed by atoms with van der Waals surface area (Å²) in [6, 6.07) is 7.25. The van der Waals surface area contributed by atoms with Gasteiger partial charge in [0.1, 0.15) is 11.7 Å². The zero-order valence-corrected chi connectivity index (χ0v) is 14.9. The fourth-order valence-corrected chi connectivity index (χ4v) is 3.02. The van der Waals surface area contributed by atoms with Crippen molar-refractivity contribution in [2.75, 3.05) is 0 Å². The van der Waals surface area contributed by atoms with Crippen LogP contribution < -0.4 is 10.6 Å². The second-order valence-electron chi connectivity index (χ2n) is 5.16. The van der Waals surface area contributed by atoms with E-state index in [0.29, 0.717) is 16.4 Å². The van der Waals surface area contributed by atoms with Crippen LogP contribution in [0.25, 0.3) is 5.69 Å². The van der Waals surface area contributed by atoms with Crippen LogP contribution in [0.2, 0.25) is 0 Å². The lowest BCUT2D eigenvalue weighted by Crippen LogP contribution is -2.44. The predicted molar refractivity (Wildman–Crippen MR) is 94.1 cm³/mol. The van der Waals surface area contributed by atoms with Gasteiger partial charge >= 0.3 is 0 Å². The Morgan fingerprint density at radius 1 is 1.35 bits per heavy atom. The summed E-state index contributed by atoms with van der Waals surface area (Å²) in [5.41, 5.74) is 2.83. The summed E-state index contributed by atoms with van der Waals surface area (Å²) >= 11 is 8.58. The lowest BCUT2D eigenvalue weighted by atomic mass is 9.97. The Balaban J connectivity index is 1.98. The molecule has 0 saturated carbocycles. The third kappa shape index (κ3) is 3.18. The summed E-state index contributed by atoms with van der Waals surface area (Å²) in [5, 5.41) is 15.3. The topological polar surface area (TPSA) is 71.8 Å². The number of carbonyl (C=O) groups is 1. The molecule has 0 amide bonds. The first kappa shape index (κ1) is 15.8. The van der Waals surface area contributed by atoms with Crippen molar-refractivity contribution in [1.82, 2.24) is 25.6 Å². The molecular formula is C15H14BrN5OS. The molecule has 118 valence electrons. The number of carbonyl (C=O) groups excluding carboxylic acids is 1. The van der Waals surface area contributed by atoms with Crippen molar-refractivity contribution in [3.63, 3.8) is 0 Å². The Morgan fingerprint density at radius 3 is 2.70 bits per heavy atom. The van der Waals surface area contributed by atoms with Crippen LogP contribution in [0.5, 0.6) is 0 Å². The molecule has 0 aliphatic carbocycles. The third-order valence-corrected chi connectivity index (χ3v) is 4.26. The van der Waals surface area contributed by atoms with Crippen molar-refractivity contribution in [3.8, 4) is 5.69 Å². The van der Waals surface area contributed by atoms with Gasteiger partial charge in [0, 0.05) is 15.7 Å². The molecule has 23 heavy (non-hydrogen) atoms. The maximum atomic E-state index is 12.0. The number of nitrogens with one attached hydrogen (secondary N) is 2. The van der Waals surface area contributed by atoms with Gasteiger partial charge in [0.25, 0.3) is 0 Å². The number of Topliss-reactive ketones (excluding diaryl/α,β-unsaturated/α-hetero) is 1. The molecular weight excluding hydrogens is 378 g/mol. The van der Waals surface area contributed by atoms with Gasteiger partial charge < -0.3 is 10.6 Å². The number of aromatic nitrogens is 3. The van der Waals surface area contributed by atoms with E-state index < -0.39 is 6.04 Å².